The Balaban J connectivity index is 2.03. The highest BCUT2D eigenvalue weighted by Gasteiger charge is 2.22. The zero-order valence-electron chi connectivity index (χ0n) is 11.1. The van der Waals surface area contributed by atoms with Gasteiger partial charge in [0.25, 0.3) is 0 Å². The number of aryl methyl sites for hydroxylation is 1. The van der Waals surface area contributed by atoms with Crippen molar-refractivity contribution in [3.05, 3.63) is 29.8 Å². The SMILES string of the molecule is NCCCc1ccc(S(=O)(=O)NC2CCCC2)cc1. The molecule has 1 fully saturated rings. The van der Waals surface area contributed by atoms with Crippen molar-refractivity contribution in [2.24, 2.45) is 5.73 Å². The number of hydrogen-bond donors (Lipinski definition) is 2. The molecule has 0 spiro atoms. The van der Waals surface area contributed by atoms with Crippen LogP contribution in [0.15, 0.2) is 29.2 Å². The summed E-state index contributed by atoms with van der Waals surface area (Å²) in [5, 5.41) is 0. The summed E-state index contributed by atoms with van der Waals surface area (Å²) in [5.41, 5.74) is 6.59. The molecule has 4 nitrogen and oxygen atoms in total. The number of hydrogen-bond acceptors (Lipinski definition) is 3. The molecule has 0 unspecified atom stereocenters. The van der Waals surface area contributed by atoms with Crippen LogP contribution in [0.1, 0.15) is 37.7 Å². The summed E-state index contributed by atoms with van der Waals surface area (Å²) < 4.78 is 27.2. The third-order valence-electron chi connectivity index (χ3n) is 3.58. The Morgan fingerprint density at radius 2 is 1.79 bits per heavy atom. The predicted molar refractivity (Wildman–Crippen MR) is 76.4 cm³/mol. The van der Waals surface area contributed by atoms with Gasteiger partial charge in [0, 0.05) is 6.04 Å². The smallest absolute Gasteiger partial charge is 0.240 e. The van der Waals surface area contributed by atoms with E-state index in [0.29, 0.717) is 11.4 Å². The van der Waals surface area contributed by atoms with Gasteiger partial charge in [-0.3, -0.25) is 0 Å². The molecule has 0 heterocycles. The first-order chi connectivity index (χ1) is 9.12. The van der Waals surface area contributed by atoms with Crippen molar-refractivity contribution < 1.29 is 8.42 Å². The highest BCUT2D eigenvalue weighted by molar-refractivity contribution is 7.89. The van der Waals surface area contributed by atoms with Crippen LogP contribution >= 0.6 is 0 Å². The molecule has 19 heavy (non-hydrogen) atoms. The van der Waals surface area contributed by atoms with Gasteiger partial charge in [-0.25, -0.2) is 13.1 Å². The van der Waals surface area contributed by atoms with E-state index >= 15 is 0 Å². The van der Waals surface area contributed by atoms with E-state index in [4.69, 9.17) is 5.73 Å². The molecule has 1 aliphatic carbocycles. The van der Waals surface area contributed by atoms with Gasteiger partial charge in [0.1, 0.15) is 0 Å². The Hall–Kier alpha value is -0.910. The Morgan fingerprint density at radius 1 is 1.16 bits per heavy atom. The molecule has 1 aromatic rings. The molecule has 1 aromatic carbocycles. The number of rotatable bonds is 6. The van der Waals surface area contributed by atoms with Crippen molar-refractivity contribution in [2.75, 3.05) is 6.54 Å². The normalized spacial score (nSPS) is 16.9. The van der Waals surface area contributed by atoms with Gasteiger partial charge in [0.2, 0.25) is 10.0 Å². The quantitative estimate of drug-likeness (QED) is 0.835. The van der Waals surface area contributed by atoms with Crippen LogP contribution in [0.25, 0.3) is 0 Å². The Morgan fingerprint density at radius 3 is 2.37 bits per heavy atom. The van der Waals surface area contributed by atoms with E-state index in [9.17, 15) is 8.42 Å². The minimum atomic E-state index is -3.36. The number of nitrogens with two attached hydrogens (primary N) is 1. The lowest BCUT2D eigenvalue weighted by atomic mass is 10.1. The van der Waals surface area contributed by atoms with Crippen molar-refractivity contribution in [3.63, 3.8) is 0 Å². The fraction of sp³-hybridized carbons (Fsp3) is 0.571. The van der Waals surface area contributed by atoms with E-state index in [2.05, 4.69) is 4.72 Å². The van der Waals surface area contributed by atoms with Crippen LogP contribution in [-0.2, 0) is 16.4 Å². The predicted octanol–water partition coefficient (Wildman–Crippen LogP) is 1.80. The van der Waals surface area contributed by atoms with Gasteiger partial charge in [-0.2, -0.15) is 0 Å². The van der Waals surface area contributed by atoms with E-state index in [1.807, 2.05) is 12.1 Å². The molecular formula is C14H22N2O2S. The van der Waals surface area contributed by atoms with Gasteiger partial charge in [-0.05, 0) is 49.9 Å². The molecule has 3 N–H and O–H groups in total. The van der Waals surface area contributed by atoms with E-state index in [0.717, 1.165) is 44.1 Å². The molecule has 1 aliphatic rings. The van der Waals surface area contributed by atoms with Crippen LogP contribution in [-0.4, -0.2) is 21.0 Å². The van der Waals surface area contributed by atoms with Crippen LogP contribution in [0.2, 0.25) is 0 Å². The first-order valence-corrected chi connectivity index (χ1v) is 8.41. The van der Waals surface area contributed by atoms with Crippen LogP contribution in [0.4, 0.5) is 0 Å². The largest absolute Gasteiger partial charge is 0.330 e. The second kappa shape index (κ2) is 6.50. The molecule has 1 saturated carbocycles. The minimum absolute atomic E-state index is 0.113. The lowest BCUT2D eigenvalue weighted by Gasteiger charge is -2.12. The molecule has 0 radical (unpaired) electrons. The Bertz CT molecular complexity index is 491. The van der Waals surface area contributed by atoms with Crippen LogP contribution < -0.4 is 10.5 Å². The third-order valence-corrected chi connectivity index (χ3v) is 5.12. The highest BCUT2D eigenvalue weighted by Crippen LogP contribution is 2.20. The van der Waals surface area contributed by atoms with Gasteiger partial charge < -0.3 is 5.73 Å². The fourth-order valence-corrected chi connectivity index (χ4v) is 3.78. The first-order valence-electron chi connectivity index (χ1n) is 6.93. The number of benzene rings is 1. The molecule has 106 valence electrons. The summed E-state index contributed by atoms with van der Waals surface area (Å²) in [6.45, 7) is 0.656. The van der Waals surface area contributed by atoms with Gasteiger partial charge >= 0.3 is 0 Å². The van der Waals surface area contributed by atoms with Crippen LogP contribution in [0.3, 0.4) is 0 Å². The maximum absolute atomic E-state index is 12.2. The monoisotopic (exact) mass is 282 g/mol. The van der Waals surface area contributed by atoms with Gasteiger partial charge in [-0.15, -0.1) is 0 Å². The topological polar surface area (TPSA) is 72.2 Å². The average Bonchev–Trinajstić information content (AvgIpc) is 2.89. The fourth-order valence-electron chi connectivity index (χ4n) is 2.47. The lowest BCUT2D eigenvalue weighted by Crippen LogP contribution is -2.32. The maximum atomic E-state index is 12.2. The molecule has 2 rings (SSSR count). The Kier molecular flexibility index (Phi) is 4.96. The second-order valence-electron chi connectivity index (χ2n) is 5.14. The zero-order valence-corrected chi connectivity index (χ0v) is 12.0. The van der Waals surface area contributed by atoms with Gasteiger partial charge in [0.05, 0.1) is 4.90 Å². The summed E-state index contributed by atoms with van der Waals surface area (Å²) in [6.07, 6.45) is 5.96. The number of sulfonamides is 1. The molecule has 0 bridgehead atoms. The molecule has 5 heteroatoms. The molecule has 0 aliphatic heterocycles. The van der Waals surface area contributed by atoms with Crippen molar-refractivity contribution in [1.29, 1.82) is 0 Å². The summed E-state index contributed by atoms with van der Waals surface area (Å²) in [6, 6.07) is 7.23. The molecular weight excluding hydrogens is 260 g/mol. The maximum Gasteiger partial charge on any atom is 0.240 e. The molecule has 0 saturated heterocycles. The van der Waals surface area contributed by atoms with Crippen LogP contribution in [0.5, 0.6) is 0 Å². The third kappa shape index (κ3) is 4.03. The van der Waals surface area contributed by atoms with Gasteiger partial charge in [0.15, 0.2) is 0 Å². The van der Waals surface area contributed by atoms with Crippen LogP contribution in [0, 0.1) is 0 Å². The molecule has 0 amide bonds. The standard InChI is InChI=1S/C14H22N2O2S/c15-11-3-4-12-7-9-14(10-8-12)19(17,18)16-13-5-1-2-6-13/h7-10,13,16H,1-6,11,15H2. The van der Waals surface area contributed by atoms with E-state index in [-0.39, 0.29) is 6.04 Å². The Labute approximate surface area is 115 Å². The van der Waals surface area contributed by atoms with Gasteiger partial charge in [-0.1, -0.05) is 25.0 Å². The first kappa shape index (κ1) is 14.5. The zero-order chi connectivity index (χ0) is 13.7. The minimum Gasteiger partial charge on any atom is -0.330 e. The lowest BCUT2D eigenvalue weighted by molar-refractivity contribution is 0.552. The van der Waals surface area contributed by atoms with Crippen molar-refractivity contribution in [1.82, 2.24) is 4.72 Å². The second-order valence-corrected chi connectivity index (χ2v) is 6.85. The summed E-state index contributed by atoms with van der Waals surface area (Å²) in [5.74, 6) is 0. The van der Waals surface area contributed by atoms with E-state index < -0.39 is 10.0 Å². The van der Waals surface area contributed by atoms with E-state index in [1.165, 1.54) is 0 Å². The number of nitrogens with one attached hydrogen (secondary N) is 1. The summed E-state index contributed by atoms with van der Waals surface area (Å²) in [7, 11) is -3.36. The van der Waals surface area contributed by atoms with Crippen molar-refractivity contribution in [3.8, 4) is 0 Å². The molecule has 0 aromatic heterocycles. The summed E-state index contributed by atoms with van der Waals surface area (Å²) in [4.78, 5) is 0.357. The molecule has 0 atom stereocenters. The van der Waals surface area contributed by atoms with Crippen molar-refractivity contribution >= 4 is 10.0 Å². The summed E-state index contributed by atoms with van der Waals surface area (Å²) >= 11 is 0. The highest BCUT2D eigenvalue weighted by atomic mass is 32.2. The average molecular weight is 282 g/mol. The van der Waals surface area contributed by atoms with E-state index in [1.54, 1.807) is 12.1 Å². The van der Waals surface area contributed by atoms with Crippen molar-refractivity contribution in [2.45, 2.75) is 49.5 Å².